The minimum Gasteiger partial charge on any atom is -0.479 e. The largest absolute Gasteiger partial charge is 0.479 e. The number of carboxylic acid groups (broad SMARTS) is 1. The molecule has 0 aromatic carbocycles. The zero-order chi connectivity index (χ0) is 13.2. The van der Waals surface area contributed by atoms with Gasteiger partial charge in [-0.05, 0) is 38.5 Å². The van der Waals surface area contributed by atoms with Crippen molar-refractivity contribution in [2.24, 2.45) is 5.92 Å². The van der Waals surface area contributed by atoms with Crippen LogP contribution in [0.1, 0.15) is 45.4 Å². The molecule has 100 valence electrons. The molecule has 4 nitrogen and oxygen atoms in total. The van der Waals surface area contributed by atoms with Crippen LogP contribution in [0.25, 0.3) is 0 Å². The van der Waals surface area contributed by atoms with Crippen LogP contribution in [0, 0.1) is 5.92 Å². The Morgan fingerprint density at radius 1 is 1.44 bits per heavy atom. The van der Waals surface area contributed by atoms with Crippen LogP contribution >= 0.6 is 0 Å². The predicted molar refractivity (Wildman–Crippen MR) is 68.1 cm³/mol. The minimum atomic E-state index is -0.946. The third kappa shape index (κ3) is 2.04. The van der Waals surface area contributed by atoms with Gasteiger partial charge in [0.1, 0.15) is 5.54 Å². The Labute approximate surface area is 108 Å². The number of carbonyl (C=O) groups is 2. The molecule has 18 heavy (non-hydrogen) atoms. The molecule has 4 heteroatoms. The summed E-state index contributed by atoms with van der Waals surface area (Å²) in [5, 5.41) is 9.47. The van der Waals surface area contributed by atoms with Crippen molar-refractivity contribution >= 4 is 11.9 Å². The zero-order valence-electron chi connectivity index (χ0n) is 10.9. The van der Waals surface area contributed by atoms with E-state index in [1.807, 2.05) is 13.0 Å². The summed E-state index contributed by atoms with van der Waals surface area (Å²) in [5.74, 6) is -0.818. The maximum absolute atomic E-state index is 12.5. The second-order valence-corrected chi connectivity index (χ2v) is 5.27. The third-order valence-electron chi connectivity index (χ3n) is 4.36. The van der Waals surface area contributed by atoms with Gasteiger partial charge >= 0.3 is 5.97 Å². The van der Waals surface area contributed by atoms with E-state index in [1.54, 1.807) is 4.90 Å². The molecule has 1 N–H and O–H groups in total. The summed E-state index contributed by atoms with van der Waals surface area (Å²) in [5.41, 5.74) is -0.946. The number of hydrogen-bond acceptors (Lipinski definition) is 2. The average Bonchev–Trinajstić information content (AvgIpc) is 2.84. The van der Waals surface area contributed by atoms with E-state index in [2.05, 4.69) is 6.08 Å². The summed E-state index contributed by atoms with van der Waals surface area (Å²) in [6.45, 7) is 2.46. The van der Waals surface area contributed by atoms with Gasteiger partial charge in [0, 0.05) is 12.5 Å². The highest BCUT2D eigenvalue weighted by Gasteiger charge is 2.49. The molecular weight excluding hydrogens is 230 g/mol. The number of hydrogen-bond donors (Lipinski definition) is 1. The van der Waals surface area contributed by atoms with Crippen LogP contribution in [0.2, 0.25) is 0 Å². The molecule has 0 saturated carbocycles. The number of amides is 1. The lowest BCUT2D eigenvalue weighted by atomic mass is 9.89. The highest BCUT2D eigenvalue weighted by atomic mass is 16.4. The van der Waals surface area contributed by atoms with Crippen LogP contribution < -0.4 is 0 Å². The lowest BCUT2D eigenvalue weighted by Crippen LogP contribution is -2.54. The number of carboxylic acids is 1. The summed E-state index contributed by atoms with van der Waals surface area (Å²) in [7, 11) is 0. The molecule has 2 rings (SSSR count). The van der Waals surface area contributed by atoms with E-state index in [1.165, 1.54) is 0 Å². The van der Waals surface area contributed by atoms with E-state index < -0.39 is 11.5 Å². The maximum Gasteiger partial charge on any atom is 0.329 e. The molecule has 0 bridgehead atoms. The van der Waals surface area contributed by atoms with Crippen LogP contribution in [0.15, 0.2) is 12.2 Å². The Balaban J connectivity index is 2.18. The van der Waals surface area contributed by atoms with Gasteiger partial charge in [0.25, 0.3) is 0 Å². The predicted octanol–water partition coefficient (Wildman–Crippen LogP) is 2.20. The van der Waals surface area contributed by atoms with Crippen molar-refractivity contribution in [3.8, 4) is 0 Å². The highest BCUT2D eigenvalue weighted by Crippen LogP contribution is 2.35. The Morgan fingerprint density at radius 3 is 2.78 bits per heavy atom. The Hall–Kier alpha value is -1.32. The molecule has 1 fully saturated rings. The number of rotatable bonds is 3. The van der Waals surface area contributed by atoms with Gasteiger partial charge in [-0.2, -0.15) is 0 Å². The van der Waals surface area contributed by atoms with Crippen molar-refractivity contribution in [1.82, 2.24) is 4.90 Å². The van der Waals surface area contributed by atoms with Crippen LogP contribution in [-0.2, 0) is 9.59 Å². The molecule has 1 aliphatic carbocycles. The highest BCUT2D eigenvalue weighted by molar-refractivity contribution is 5.89. The van der Waals surface area contributed by atoms with Crippen LogP contribution in [0.4, 0.5) is 0 Å². The van der Waals surface area contributed by atoms with Gasteiger partial charge < -0.3 is 10.0 Å². The molecule has 1 saturated heterocycles. The molecule has 0 spiro atoms. The van der Waals surface area contributed by atoms with Gasteiger partial charge in [0.15, 0.2) is 0 Å². The lowest BCUT2D eigenvalue weighted by Gasteiger charge is -2.36. The number of aliphatic carboxylic acids is 1. The standard InChI is InChI=1S/C14H21NO3/c1-2-14(13(17)18)9-6-10-15(14)12(16)11-7-4-3-5-8-11/h3-4,11H,2,5-10H2,1H3,(H,17,18). The van der Waals surface area contributed by atoms with E-state index in [9.17, 15) is 14.7 Å². The number of allylic oxidation sites excluding steroid dienone is 2. The summed E-state index contributed by atoms with van der Waals surface area (Å²) in [6.07, 6.45) is 8.56. The van der Waals surface area contributed by atoms with Crippen molar-refractivity contribution < 1.29 is 14.7 Å². The molecule has 2 atom stereocenters. The molecule has 1 aliphatic heterocycles. The fourth-order valence-corrected chi connectivity index (χ4v) is 3.18. The molecular formula is C14H21NO3. The molecule has 0 aromatic heterocycles. The van der Waals surface area contributed by atoms with Crippen molar-refractivity contribution in [2.45, 2.75) is 51.0 Å². The van der Waals surface area contributed by atoms with Gasteiger partial charge in [-0.15, -0.1) is 0 Å². The van der Waals surface area contributed by atoms with Gasteiger partial charge in [0.2, 0.25) is 5.91 Å². The summed E-state index contributed by atoms with van der Waals surface area (Å²) in [6, 6.07) is 0. The van der Waals surface area contributed by atoms with Gasteiger partial charge in [-0.3, -0.25) is 4.79 Å². The summed E-state index contributed by atoms with van der Waals surface area (Å²) < 4.78 is 0. The Morgan fingerprint density at radius 2 is 2.22 bits per heavy atom. The lowest BCUT2D eigenvalue weighted by molar-refractivity contribution is -0.158. The number of carbonyl (C=O) groups excluding carboxylic acids is 1. The first kappa shape index (κ1) is 13.1. The van der Waals surface area contributed by atoms with Gasteiger partial charge in [-0.25, -0.2) is 4.79 Å². The summed E-state index contributed by atoms with van der Waals surface area (Å²) in [4.78, 5) is 25.7. The Bertz CT molecular complexity index is 377. The van der Waals surface area contributed by atoms with Crippen molar-refractivity contribution in [3.63, 3.8) is 0 Å². The fraction of sp³-hybridized carbons (Fsp3) is 0.714. The van der Waals surface area contributed by atoms with Crippen molar-refractivity contribution in [2.75, 3.05) is 6.54 Å². The first-order valence-electron chi connectivity index (χ1n) is 6.81. The topological polar surface area (TPSA) is 57.6 Å². The molecule has 2 unspecified atom stereocenters. The second kappa shape index (κ2) is 5.12. The Kier molecular flexibility index (Phi) is 3.73. The van der Waals surface area contributed by atoms with E-state index in [0.717, 1.165) is 25.7 Å². The van der Waals surface area contributed by atoms with Crippen LogP contribution in [0.3, 0.4) is 0 Å². The van der Waals surface area contributed by atoms with E-state index in [4.69, 9.17) is 0 Å². The van der Waals surface area contributed by atoms with Crippen molar-refractivity contribution in [1.29, 1.82) is 0 Å². The van der Waals surface area contributed by atoms with E-state index in [-0.39, 0.29) is 11.8 Å². The summed E-state index contributed by atoms with van der Waals surface area (Å²) >= 11 is 0. The zero-order valence-corrected chi connectivity index (χ0v) is 10.9. The molecule has 2 aliphatic rings. The quantitative estimate of drug-likeness (QED) is 0.782. The van der Waals surface area contributed by atoms with Gasteiger partial charge in [0.05, 0.1) is 0 Å². The first-order valence-corrected chi connectivity index (χ1v) is 6.81. The second-order valence-electron chi connectivity index (χ2n) is 5.27. The van der Waals surface area contributed by atoms with Crippen LogP contribution in [-0.4, -0.2) is 34.0 Å². The minimum absolute atomic E-state index is 0.0154. The first-order chi connectivity index (χ1) is 8.62. The SMILES string of the molecule is CCC1(C(=O)O)CCCN1C(=O)C1CC=CCC1. The molecule has 1 heterocycles. The molecule has 0 aromatic rings. The van der Waals surface area contributed by atoms with Crippen LogP contribution in [0.5, 0.6) is 0 Å². The number of likely N-dealkylation sites (tertiary alicyclic amines) is 1. The number of nitrogens with zero attached hydrogens (tertiary/aromatic N) is 1. The molecule has 0 radical (unpaired) electrons. The molecule has 1 amide bonds. The third-order valence-corrected chi connectivity index (χ3v) is 4.36. The van der Waals surface area contributed by atoms with Crippen molar-refractivity contribution in [3.05, 3.63) is 12.2 Å². The monoisotopic (exact) mass is 251 g/mol. The van der Waals surface area contributed by atoms with E-state index >= 15 is 0 Å². The fourth-order valence-electron chi connectivity index (χ4n) is 3.18. The average molecular weight is 251 g/mol. The normalized spacial score (nSPS) is 31.6. The smallest absolute Gasteiger partial charge is 0.329 e. The van der Waals surface area contributed by atoms with Gasteiger partial charge in [-0.1, -0.05) is 19.1 Å². The van der Waals surface area contributed by atoms with E-state index in [0.29, 0.717) is 19.4 Å². The maximum atomic E-state index is 12.5.